The third kappa shape index (κ3) is 4.30. The van der Waals surface area contributed by atoms with Crippen LogP contribution in [-0.2, 0) is 4.79 Å². The van der Waals surface area contributed by atoms with E-state index in [9.17, 15) is 14.9 Å². The molecule has 118 valence electrons. The molecule has 7 heteroatoms. The molecule has 0 aromatic heterocycles. The van der Waals surface area contributed by atoms with Gasteiger partial charge in [0.1, 0.15) is 5.78 Å². The molecule has 0 spiro atoms. The SMILES string of the molecule is CC(=O)CCCN1CCSC1=Nc1ccc([N+](=O)[O-])cc1C. The Hall–Kier alpha value is -1.89. The Labute approximate surface area is 133 Å². The Morgan fingerprint density at radius 2 is 2.27 bits per heavy atom. The summed E-state index contributed by atoms with van der Waals surface area (Å²) in [6.07, 6.45) is 1.42. The molecule has 1 heterocycles. The molecule has 0 N–H and O–H groups in total. The van der Waals surface area contributed by atoms with E-state index < -0.39 is 4.92 Å². The van der Waals surface area contributed by atoms with Crippen LogP contribution >= 0.6 is 11.8 Å². The first-order chi connectivity index (χ1) is 10.5. The van der Waals surface area contributed by atoms with Crippen molar-refractivity contribution in [2.24, 2.45) is 4.99 Å². The number of thioether (sulfide) groups is 1. The standard InChI is InChI=1S/C15H19N3O3S/c1-11-10-13(18(20)21)5-6-14(11)16-15-17(8-9-22-15)7-3-4-12(2)19/h5-6,10H,3-4,7-9H2,1-2H3. The van der Waals surface area contributed by atoms with Crippen LogP contribution in [0.3, 0.4) is 0 Å². The number of nitrogens with zero attached hydrogens (tertiary/aromatic N) is 3. The maximum atomic E-state index is 11.0. The number of ketones is 1. The average molecular weight is 321 g/mol. The van der Waals surface area contributed by atoms with Crippen LogP contribution < -0.4 is 0 Å². The molecule has 6 nitrogen and oxygen atoms in total. The monoisotopic (exact) mass is 321 g/mol. The van der Waals surface area contributed by atoms with Crippen molar-refractivity contribution in [1.82, 2.24) is 4.90 Å². The molecule has 0 aliphatic carbocycles. The summed E-state index contributed by atoms with van der Waals surface area (Å²) in [5.74, 6) is 1.18. The Morgan fingerprint density at radius 3 is 2.91 bits per heavy atom. The fraction of sp³-hybridized carbons (Fsp3) is 0.467. The van der Waals surface area contributed by atoms with E-state index >= 15 is 0 Å². The van der Waals surface area contributed by atoms with Gasteiger partial charge in [-0.25, -0.2) is 4.99 Å². The van der Waals surface area contributed by atoms with Crippen molar-refractivity contribution < 1.29 is 9.72 Å². The van der Waals surface area contributed by atoms with Crippen molar-refractivity contribution in [2.75, 3.05) is 18.8 Å². The van der Waals surface area contributed by atoms with Gasteiger partial charge in [-0.05, 0) is 31.9 Å². The zero-order valence-electron chi connectivity index (χ0n) is 12.7. The Morgan fingerprint density at radius 1 is 1.50 bits per heavy atom. The van der Waals surface area contributed by atoms with Gasteiger partial charge in [-0.1, -0.05) is 11.8 Å². The maximum absolute atomic E-state index is 11.0. The summed E-state index contributed by atoms with van der Waals surface area (Å²) in [5.41, 5.74) is 1.63. The maximum Gasteiger partial charge on any atom is 0.269 e. The lowest BCUT2D eigenvalue weighted by Crippen LogP contribution is -2.25. The van der Waals surface area contributed by atoms with Crippen LogP contribution in [0.2, 0.25) is 0 Å². The molecule has 1 fully saturated rings. The molecule has 22 heavy (non-hydrogen) atoms. The van der Waals surface area contributed by atoms with E-state index in [-0.39, 0.29) is 11.5 Å². The first kappa shape index (κ1) is 16.5. The van der Waals surface area contributed by atoms with Crippen LogP contribution in [0.25, 0.3) is 0 Å². The minimum atomic E-state index is -0.400. The van der Waals surface area contributed by atoms with Gasteiger partial charge in [0.05, 0.1) is 10.6 Å². The van der Waals surface area contributed by atoms with Gasteiger partial charge in [0, 0.05) is 37.4 Å². The number of hydrogen-bond donors (Lipinski definition) is 0. The lowest BCUT2D eigenvalue weighted by Gasteiger charge is -2.17. The van der Waals surface area contributed by atoms with Crippen molar-refractivity contribution in [2.45, 2.75) is 26.7 Å². The number of non-ortho nitro benzene ring substituents is 1. The number of rotatable bonds is 6. The fourth-order valence-electron chi connectivity index (χ4n) is 2.25. The summed E-state index contributed by atoms with van der Waals surface area (Å²) in [6, 6.07) is 4.71. The van der Waals surface area contributed by atoms with Gasteiger partial charge in [-0.3, -0.25) is 10.1 Å². The van der Waals surface area contributed by atoms with Crippen LogP contribution in [0.15, 0.2) is 23.2 Å². The summed E-state index contributed by atoms with van der Waals surface area (Å²) in [7, 11) is 0. The molecular weight excluding hydrogens is 302 g/mol. The van der Waals surface area contributed by atoms with Gasteiger partial charge in [0.15, 0.2) is 5.17 Å². The van der Waals surface area contributed by atoms with Crippen molar-refractivity contribution in [1.29, 1.82) is 0 Å². The molecule has 0 atom stereocenters. The zero-order valence-corrected chi connectivity index (χ0v) is 13.6. The van der Waals surface area contributed by atoms with E-state index in [1.165, 1.54) is 6.07 Å². The number of carbonyl (C=O) groups excluding carboxylic acids is 1. The molecular formula is C15H19N3O3S. The minimum absolute atomic E-state index is 0.0823. The van der Waals surface area contributed by atoms with Crippen molar-refractivity contribution in [3.05, 3.63) is 33.9 Å². The van der Waals surface area contributed by atoms with Gasteiger partial charge in [0.2, 0.25) is 0 Å². The Kier molecular flexibility index (Phi) is 5.54. The second-order valence-corrected chi connectivity index (χ2v) is 6.33. The summed E-state index contributed by atoms with van der Waals surface area (Å²) < 4.78 is 0. The lowest BCUT2D eigenvalue weighted by atomic mass is 10.2. The fourth-order valence-corrected chi connectivity index (χ4v) is 3.27. The summed E-state index contributed by atoms with van der Waals surface area (Å²) in [4.78, 5) is 28.2. The number of Topliss-reactive ketones (excluding diaryl/α,β-unsaturated/α-hetero) is 1. The molecule has 0 radical (unpaired) electrons. The number of benzene rings is 1. The van der Waals surface area contributed by atoms with Gasteiger partial charge < -0.3 is 9.69 Å². The predicted octanol–water partition coefficient (Wildman–Crippen LogP) is 3.31. The highest BCUT2D eigenvalue weighted by molar-refractivity contribution is 8.14. The Bertz CT molecular complexity index is 616. The molecule has 1 saturated heterocycles. The van der Waals surface area contributed by atoms with E-state index in [4.69, 9.17) is 0 Å². The molecule has 0 amide bonds. The van der Waals surface area contributed by atoms with Crippen LogP contribution in [0.5, 0.6) is 0 Å². The molecule has 0 unspecified atom stereocenters. The number of carbonyl (C=O) groups is 1. The molecule has 0 bridgehead atoms. The largest absolute Gasteiger partial charge is 0.350 e. The topological polar surface area (TPSA) is 75.8 Å². The summed E-state index contributed by atoms with van der Waals surface area (Å²) in [6.45, 7) is 5.17. The smallest absolute Gasteiger partial charge is 0.269 e. The first-order valence-corrected chi connectivity index (χ1v) is 8.17. The molecule has 1 aromatic rings. The van der Waals surface area contributed by atoms with E-state index in [0.29, 0.717) is 6.42 Å². The normalized spacial score (nSPS) is 16.3. The zero-order chi connectivity index (χ0) is 16.1. The number of aliphatic imine (C=N–C) groups is 1. The number of nitro benzene ring substituents is 1. The van der Waals surface area contributed by atoms with E-state index in [0.717, 1.165) is 41.7 Å². The Balaban J connectivity index is 2.10. The van der Waals surface area contributed by atoms with Crippen LogP contribution in [0, 0.1) is 17.0 Å². The van der Waals surface area contributed by atoms with Crippen LogP contribution in [0.4, 0.5) is 11.4 Å². The molecule has 1 aliphatic heterocycles. The van der Waals surface area contributed by atoms with E-state index in [1.807, 2.05) is 6.92 Å². The minimum Gasteiger partial charge on any atom is -0.350 e. The highest BCUT2D eigenvalue weighted by Gasteiger charge is 2.19. The van der Waals surface area contributed by atoms with Crippen molar-refractivity contribution in [3.8, 4) is 0 Å². The quantitative estimate of drug-likeness (QED) is 0.593. The van der Waals surface area contributed by atoms with Gasteiger partial charge in [0.25, 0.3) is 5.69 Å². The van der Waals surface area contributed by atoms with E-state index in [1.54, 1.807) is 30.8 Å². The molecule has 1 aliphatic rings. The van der Waals surface area contributed by atoms with Gasteiger partial charge in [-0.15, -0.1) is 0 Å². The third-order valence-electron chi connectivity index (χ3n) is 3.43. The number of nitro groups is 1. The molecule has 0 saturated carbocycles. The van der Waals surface area contributed by atoms with Crippen LogP contribution in [-0.4, -0.2) is 39.6 Å². The number of amidine groups is 1. The first-order valence-electron chi connectivity index (χ1n) is 7.18. The molecule has 2 rings (SSSR count). The molecule has 1 aromatic carbocycles. The van der Waals surface area contributed by atoms with Gasteiger partial charge >= 0.3 is 0 Å². The highest BCUT2D eigenvalue weighted by atomic mass is 32.2. The van der Waals surface area contributed by atoms with Crippen LogP contribution in [0.1, 0.15) is 25.3 Å². The van der Waals surface area contributed by atoms with Crippen molar-refractivity contribution >= 4 is 34.1 Å². The van der Waals surface area contributed by atoms with Gasteiger partial charge in [-0.2, -0.15) is 0 Å². The lowest BCUT2D eigenvalue weighted by molar-refractivity contribution is -0.384. The summed E-state index contributed by atoms with van der Waals surface area (Å²) in [5, 5.41) is 11.7. The number of aryl methyl sites for hydroxylation is 1. The second kappa shape index (κ2) is 7.40. The predicted molar refractivity (Wildman–Crippen MR) is 88.9 cm³/mol. The third-order valence-corrected chi connectivity index (χ3v) is 4.42. The van der Waals surface area contributed by atoms with Crippen molar-refractivity contribution in [3.63, 3.8) is 0 Å². The number of hydrogen-bond acceptors (Lipinski definition) is 5. The summed E-state index contributed by atoms with van der Waals surface area (Å²) >= 11 is 1.68. The van der Waals surface area contributed by atoms with E-state index in [2.05, 4.69) is 9.89 Å². The second-order valence-electron chi connectivity index (χ2n) is 5.26. The average Bonchev–Trinajstić information content (AvgIpc) is 2.88. The highest BCUT2D eigenvalue weighted by Crippen LogP contribution is 2.27.